The maximum absolute atomic E-state index is 12.3. The minimum atomic E-state index is -0.879. The zero-order valence-corrected chi connectivity index (χ0v) is 13.0. The van der Waals surface area contributed by atoms with Crippen molar-refractivity contribution in [2.45, 2.75) is 31.3 Å². The van der Waals surface area contributed by atoms with Gasteiger partial charge in [-0.15, -0.1) is 15.8 Å². The van der Waals surface area contributed by atoms with E-state index < -0.39 is 5.54 Å². The molecule has 1 saturated heterocycles. The lowest BCUT2D eigenvalue weighted by molar-refractivity contribution is -0.149. The average Bonchev–Trinajstić information content (AvgIpc) is 2.95. The van der Waals surface area contributed by atoms with Crippen LogP contribution in [0, 0.1) is 11.8 Å². The molecule has 5 atom stereocenters. The smallest absolute Gasteiger partial charge is 0.332 e. The van der Waals surface area contributed by atoms with Gasteiger partial charge in [0, 0.05) is 5.92 Å². The molecule has 0 radical (unpaired) electrons. The third-order valence-corrected chi connectivity index (χ3v) is 4.82. The largest absolute Gasteiger partial charge is 0.464 e. The molecule has 0 aromatic heterocycles. The van der Waals surface area contributed by atoms with Gasteiger partial charge in [0.15, 0.2) is 0 Å². The van der Waals surface area contributed by atoms with Crippen molar-refractivity contribution in [2.75, 3.05) is 19.3 Å². The fourth-order valence-corrected chi connectivity index (χ4v) is 3.12. The Morgan fingerprint density at radius 3 is 2.85 bits per heavy atom. The van der Waals surface area contributed by atoms with Crippen LogP contribution in [-0.4, -0.2) is 42.8 Å². The first kappa shape index (κ1) is 15.5. The van der Waals surface area contributed by atoms with E-state index in [-0.39, 0.29) is 23.8 Å². The summed E-state index contributed by atoms with van der Waals surface area (Å²) in [7, 11) is 2.71. The van der Waals surface area contributed by atoms with Crippen LogP contribution in [0.3, 0.4) is 0 Å². The monoisotopic (exact) mass is 298 g/mol. The molecule has 20 heavy (non-hydrogen) atoms. The molecule has 1 saturated carbocycles. The van der Waals surface area contributed by atoms with Gasteiger partial charge in [0.1, 0.15) is 5.54 Å². The van der Waals surface area contributed by atoms with E-state index in [1.165, 1.54) is 0 Å². The molecule has 2 N–H and O–H groups in total. The Kier molecular flexibility index (Phi) is 4.82. The van der Waals surface area contributed by atoms with Crippen LogP contribution >= 0.6 is 9.24 Å². The summed E-state index contributed by atoms with van der Waals surface area (Å²) >= 11 is 0. The minimum Gasteiger partial charge on any atom is -0.464 e. The van der Waals surface area contributed by atoms with Gasteiger partial charge < -0.3 is 15.4 Å². The normalized spacial score (nSPS) is 35.4. The summed E-state index contributed by atoms with van der Waals surface area (Å²) in [4.78, 5) is 24.4. The summed E-state index contributed by atoms with van der Waals surface area (Å²) in [6, 6.07) is -0.210. The number of hydrogen-bond donors (Lipinski definition) is 2. The zero-order valence-electron chi connectivity index (χ0n) is 11.9. The Morgan fingerprint density at radius 2 is 2.35 bits per heavy atom. The first-order valence-electron chi connectivity index (χ1n) is 7.12. The number of hydrogen-bond acceptors (Lipinski definition) is 4. The molecule has 0 bridgehead atoms. The van der Waals surface area contributed by atoms with E-state index in [0.717, 1.165) is 19.1 Å². The van der Waals surface area contributed by atoms with Crippen LogP contribution in [0.15, 0.2) is 12.7 Å². The lowest BCUT2D eigenvalue weighted by Gasteiger charge is -2.20. The minimum absolute atomic E-state index is 0.0237. The van der Waals surface area contributed by atoms with Crippen LogP contribution in [0.2, 0.25) is 0 Å². The molecule has 2 aliphatic rings. The van der Waals surface area contributed by atoms with E-state index in [2.05, 4.69) is 26.5 Å². The molecular formula is C14H23N2O3P. The molecule has 0 spiro atoms. The molecule has 1 amide bonds. The van der Waals surface area contributed by atoms with Gasteiger partial charge in [0.05, 0.1) is 12.6 Å². The molecule has 112 valence electrons. The van der Waals surface area contributed by atoms with Crippen LogP contribution in [0.25, 0.3) is 0 Å². The summed E-state index contributed by atoms with van der Waals surface area (Å²) in [5.74, 6) is 0.0234. The van der Waals surface area contributed by atoms with E-state index in [0.29, 0.717) is 18.9 Å². The Balaban J connectivity index is 1.98. The molecule has 2 rings (SSSR count). The van der Waals surface area contributed by atoms with Crippen molar-refractivity contribution in [2.24, 2.45) is 11.8 Å². The van der Waals surface area contributed by atoms with E-state index >= 15 is 0 Å². The van der Waals surface area contributed by atoms with Gasteiger partial charge in [-0.05, 0) is 38.4 Å². The standard InChI is InChI=1S/C14H23N2O3P/c1-3-10-6-14(10,13(18)19-4-2)16-12(17)11-5-9(8-20)7-15-11/h3,9-11,15H,1,4-8,20H2,2H3,(H,16,17)/t9-,10-,11+,14-/m1/s1. The maximum atomic E-state index is 12.3. The van der Waals surface area contributed by atoms with Crippen molar-refractivity contribution in [3.63, 3.8) is 0 Å². The number of amides is 1. The Morgan fingerprint density at radius 1 is 1.60 bits per heavy atom. The quantitative estimate of drug-likeness (QED) is 0.425. The fourth-order valence-electron chi connectivity index (χ4n) is 2.76. The summed E-state index contributed by atoms with van der Waals surface area (Å²) in [5.41, 5.74) is -0.879. The Hall–Kier alpha value is -0.930. The summed E-state index contributed by atoms with van der Waals surface area (Å²) < 4.78 is 5.08. The highest BCUT2D eigenvalue weighted by Gasteiger charge is 2.61. The molecule has 0 aromatic carbocycles. The average molecular weight is 298 g/mol. The van der Waals surface area contributed by atoms with Gasteiger partial charge >= 0.3 is 5.97 Å². The van der Waals surface area contributed by atoms with E-state index in [4.69, 9.17) is 4.74 Å². The van der Waals surface area contributed by atoms with Crippen LogP contribution in [0.5, 0.6) is 0 Å². The molecule has 1 heterocycles. The lowest BCUT2D eigenvalue weighted by atomic mass is 10.1. The zero-order chi connectivity index (χ0) is 14.8. The van der Waals surface area contributed by atoms with Gasteiger partial charge in [-0.3, -0.25) is 4.79 Å². The third kappa shape index (κ3) is 2.89. The summed E-state index contributed by atoms with van der Waals surface area (Å²) in [6.07, 6.45) is 4.09. The lowest BCUT2D eigenvalue weighted by Crippen LogP contribution is -2.51. The first-order chi connectivity index (χ1) is 9.57. The van der Waals surface area contributed by atoms with Crippen molar-refractivity contribution >= 4 is 21.1 Å². The van der Waals surface area contributed by atoms with Crippen molar-refractivity contribution in [3.05, 3.63) is 12.7 Å². The molecule has 1 aliphatic heterocycles. The molecule has 2 fully saturated rings. The number of esters is 1. The van der Waals surface area contributed by atoms with Crippen molar-refractivity contribution < 1.29 is 14.3 Å². The van der Waals surface area contributed by atoms with E-state index in [1.807, 2.05) is 0 Å². The first-order valence-corrected chi connectivity index (χ1v) is 7.94. The van der Waals surface area contributed by atoms with Crippen LogP contribution in [0.4, 0.5) is 0 Å². The number of rotatable bonds is 6. The van der Waals surface area contributed by atoms with Crippen molar-refractivity contribution in [1.82, 2.24) is 10.6 Å². The SMILES string of the molecule is C=C[C@@H]1C[C@]1(NC(=O)[C@@H]1C[C@@H](CP)CN1)C(=O)OCC. The van der Waals surface area contributed by atoms with Gasteiger partial charge in [0.2, 0.25) is 5.91 Å². The second-order valence-electron chi connectivity index (χ2n) is 5.53. The number of carbonyl (C=O) groups is 2. The number of ether oxygens (including phenoxy) is 1. The van der Waals surface area contributed by atoms with Gasteiger partial charge in [-0.1, -0.05) is 6.08 Å². The maximum Gasteiger partial charge on any atom is 0.332 e. The predicted molar refractivity (Wildman–Crippen MR) is 80.3 cm³/mol. The molecule has 5 nitrogen and oxygen atoms in total. The van der Waals surface area contributed by atoms with E-state index in [9.17, 15) is 9.59 Å². The number of carbonyl (C=O) groups excluding carboxylic acids is 2. The van der Waals surface area contributed by atoms with Crippen LogP contribution < -0.4 is 10.6 Å². The second kappa shape index (κ2) is 6.23. The van der Waals surface area contributed by atoms with Gasteiger partial charge in [-0.2, -0.15) is 0 Å². The number of nitrogens with one attached hydrogen (secondary N) is 2. The van der Waals surface area contributed by atoms with Gasteiger partial charge in [-0.25, -0.2) is 4.79 Å². The third-order valence-electron chi connectivity index (χ3n) is 4.16. The Labute approximate surface area is 122 Å². The second-order valence-corrected chi connectivity index (χ2v) is 6.00. The predicted octanol–water partition coefficient (Wildman–Crippen LogP) is 0.464. The molecule has 1 aliphatic carbocycles. The molecule has 6 heteroatoms. The van der Waals surface area contributed by atoms with Gasteiger partial charge in [0.25, 0.3) is 0 Å². The van der Waals surface area contributed by atoms with Crippen LogP contribution in [0.1, 0.15) is 19.8 Å². The highest BCUT2D eigenvalue weighted by molar-refractivity contribution is 7.16. The highest BCUT2D eigenvalue weighted by Crippen LogP contribution is 2.45. The molecule has 1 unspecified atom stereocenters. The van der Waals surface area contributed by atoms with Crippen molar-refractivity contribution in [3.8, 4) is 0 Å². The van der Waals surface area contributed by atoms with Crippen LogP contribution in [-0.2, 0) is 14.3 Å². The molecule has 0 aromatic rings. The topological polar surface area (TPSA) is 67.4 Å². The van der Waals surface area contributed by atoms with E-state index in [1.54, 1.807) is 13.0 Å². The van der Waals surface area contributed by atoms with Crippen molar-refractivity contribution in [1.29, 1.82) is 0 Å². The Bertz CT molecular complexity index is 415. The fraction of sp³-hybridized carbons (Fsp3) is 0.714. The molecular weight excluding hydrogens is 275 g/mol. The summed E-state index contributed by atoms with van der Waals surface area (Å²) in [6.45, 7) is 6.64. The summed E-state index contributed by atoms with van der Waals surface area (Å²) in [5, 5.41) is 6.09. The highest BCUT2D eigenvalue weighted by atomic mass is 31.0.